The molecule has 0 spiro atoms. The van der Waals surface area contributed by atoms with Crippen LogP contribution < -0.4 is 16.4 Å². The molecule has 5 N–H and O–H groups in total. The number of H-pyrrole nitrogens is 1. The van der Waals surface area contributed by atoms with Gasteiger partial charge < -0.3 is 26.1 Å². The van der Waals surface area contributed by atoms with Crippen LogP contribution in [-0.2, 0) is 4.74 Å². The molecule has 2 heterocycles. The van der Waals surface area contributed by atoms with E-state index in [-0.39, 0.29) is 24.6 Å². The number of nitrogens with one attached hydrogen (secondary N) is 3. The van der Waals surface area contributed by atoms with E-state index in [1.807, 2.05) is 52.0 Å². The summed E-state index contributed by atoms with van der Waals surface area (Å²) in [5.41, 5.74) is 8.91. The maximum absolute atomic E-state index is 13.1. The lowest BCUT2D eigenvalue weighted by atomic mass is 10.1. The third-order valence-corrected chi connectivity index (χ3v) is 6.07. The zero-order chi connectivity index (χ0) is 25.5. The van der Waals surface area contributed by atoms with E-state index in [0.29, 0.717) is 34.1 Å². The van der Waals surface area contributed by atoms with Crippen LogP contribution >= 0.6 is 23.2 Å². The number of nitrogens with two attached hydrogens (primary N) is 1. The Balaban J connectivity index is 1.77. The highest BCUT2D eigenvalue weighted by Crippen LogP contribution is 2.30. The second-order valence-corrected chi connectivity index (χ2v) is 10.0. The Morgan fingerprint density at radius 1 is 1.14 bits per heavy atom. The number of anilines is 1. The second kappa shape index (κ2) is 12.4. The van der Waals surface area contributed by atoms with Crippen LogP contribution in [0.2, 0.25) is 10.0 Å². The Labute approximate surface area is 216 Å². The van der Waals surface area contributed by atoms with Gasteiger partial charge in [-0.05, 0) is 49.6 Å². The summed E-state index contributed by atoms with van der Waals surface area (Å²) in [6.45, 7) is 8.81. The number of aromatic amines is 1. The highest BCUT2D eigenvalue weighted by molar-refractivity contribution is 6.33. The molecule has 0 fully saturated rings. The molecular weight excluding hydrogens is 485 g/mol. The minimum absolute atomic E-state index is 0.0862. The lowest BCUT2D eigenvalue weighted by Crippen LogP contribution is -2.35. The van der Waals surface area contributed by atoms with Crippen molar-refractivity contribution in [1.29, 1.82) is 0 Å². The summed E-state index contributed by atoms with van der Waals surface area (Å²) in [6.07, 6.45) is 3.35. The first kappa shape index (κ1) is 27.0. The molecular formula is C26H33Cl2N5O2. The van der Waals surface area contributed by atoms with E-state index < -0.39 is 6.04 Å². The fourth-order valence-corrected chi connectivity index (χ4v) is 3.82. The van der Waals surface area contributed by atoms with Crippen LogP contribution in [0.3, 0.4) is 0 Å². The highest BCUT2D eigenvalue weighted by atomic mass is 35.5. The van der Waals surface area contributed by atoms with E-state index in [4.69, 9.17) is 33.7 Å². The number of benzene rings is 1. The number of nitrogens with zero attached hydrogens (tertiary/aromatic N) is 1. The summed E-state index contributed by atoms with van der Waals surface area (Å²) in [5, 5.41) is 7.39. The molecule has 0 aliphatic heterocycles. The van der Waals surface area contributed by atoms with E-state index in [2.05, 4.69) is 20.6 Å². The lowest BCUT2D eigenvalue weighted by Gasteiger charge is -2.22. The second-order valence-electron chi connectivity index (χ2n) is 9.18. The summed E-state index contributed by atoms with van der Waals surface area (Å²) in [5.74, 6) is 0.732. The molecule has 3 rings (SSSR count). The standard InChI is InChI=1S/C26H33Cl2N5O2/c1-15(2)22(29)13-35-14-24(17-6-5-7-19(27)8-17)33-26(34)23-9-18(11-30-23)20-10-25(32-16(3)4)31-12-21(20)28/h5-12,15-16,22,24,30H,13-14,29H2,1-4H3,(H,31,32)(H,33,34)/t22-,24-/m1/s1. The van der Waals surface area contributed by atoms with Crippen LogP contribution in [0, 0.1) is 5.92 Å². The number of rotatable bonds is 11. The maximum Gasteiger partial charge on any atom is 0.268 e. The Kier molecular flexibility index (Phi) is 9.57. The fourth-order valence-electron chi connectivity index (χ4n) is 3.41. The van der Waals surface area contributed by atoms with Gasteiger partial charge in [-0.1, -0.05) is 49.2 Å². The maximum atomic E-state index is 13.1. The molecule has 35 heavy (non-hydrogen) atoms. The van der Waals surface area contributed by atoms with Gasteiger partial charge in [0.25, 0.3) is 5.91 Å². The number of hydrogen-bond donors (Lipinski definition) is 4. The van der Waals surface area contributed by atoms with Gasteiger partial charge in [-0.15, -0.1) is 0 Å². The molecule has 0 aliphatic carbocycles. The summed E-state index contributed by atoms with van der Waals surface area (Å²) in [7, 11) is 0. The molecule has 0 radical (unpaired) electrons. The number of carbonyl (C=O) groups is 1. The first-order valence-corrected chi connectivity index (χ1v) is 12.4. The van der Waals surface area contributed by atoms with Crippen molar-refractivity contribution in [2.45, 2.75) is 45.8 Å². The van der Waals surface area contributed by atoms with Gasteiger partial charge in [0.1, 0.15) is 11.5 Å². The number of halogens is 2. The van der Waals surface area contributed by atoms with Crippen molar-refractivity contribution >= 4 is 34.9 Å². The minimum atomic E-state index is -0.404. The molecule has 3 aromatic rings. The van der Waals surface area contributed by atoms with Gasteiger partial charge in [0.2, 0.25) is 0 Å². The predicted molar refractivity (Wildman–Crippen MR) is 143 cm³/mol. The van der Waals surface area contributed by atoms with Crippen LogP contribution in [0.1, 0.15) is 49.8 Å². The average molecular weight is 518 g/mol. The van der Waals surface area contributed by atoms with Gasteiger partial charge in [-0.2, -0.15) is 0 Å². The minimum Gasteiger partial charge on any atom is -0.377 e. The van der Waals surface area contributed by atoms with Crippen LogP contribution in [0.4, 0.5) is 5.82 Å². The van der Waals surface area contributed by atoms with Gasteiger partial charge in [-0.3, -0.25) is 4.79 Å². The predicted octanol–water partition coefficient (Wildman–Crippen LogP) is 5.67. The average Bonchev–Trinajstić information content (AvgIpc) is 3.29. The molecule has 0 aliphatic rings. The topological polar surface area (TPSA) is 105 Å². The highest BCUT2D eigenvalue weighted by Gasteiger charge is 2.20. The Hall–Kier alpha value is -2.58. The Bertz CT molecular complexity index is 1130. The number of pyridine rings is 1. The normalized spacial score (nSPS) is 13.2. The van der Waals surface area contributed by atoms with E-state index >= 15 is 0 Å². The molecule has 0 saturated carbocycles. The van der Waals surface area contributed by atoms with Gasteiger partial charge in [0.05, 0.1) is 24.3 Å². The van der Waals surface area contributed by atoms with Crippen molar-refractivity contribution in [3.63, 3.8) is 0 Å². The zero-order valence-electron chi connectivity index (χ0n) is 20.4. The number of ether oxygens (including phenoxy) is 1. The molecule has 0 bridgehead atoms. The van der Waals surface area contributed by atoms with E-state index in [0.717, 1.165) is 16.7 Å². The van der Waals surface area contributed by atoms with Crippen molar-refractivity contribution in [1.82, 2.24) is 15.3 Å². The molecule has 7 nitrogen and oxygen atoms in total. The van der Waals surface area contributed by atoms with E-state index in [1.165, 1.54) is 0 Å². The van der Waals surface area contributed by atoms with E-state index in [1.54, 1.807) is 24.5 Å². The molecule has 0 unspecified atom stereocenters. The van der Waals surface area contributed by atoms with Crippen molar-refractivity contribution in [2.24, 2.45) is 11.7 Å². The number of hydrogen-bond acceptors (Lipinski definition) is 5. The van der Waals surface area contributed by atoms with E-state index in [9.17, 15) is 4.79 Å². The van der Waals surface area contributed by atoms with Crippen LogP contribution in [-0.4, -0.2) is 41.2 Å². The van der Waals surface area contributed by atoms with Gasteiger partial charge >= 0.3 is 0 Å². The number of aromatic nitrogens is 2. The molecule has 1 aromatic carbocycles. The fraction of sp³-hybridized carbons (Fsp3) is 0.385. The molecule has 188 valence electrons. The number of carbonyl (C=O) groups excluding carboxylic acids is 1. The zero-order valence-corrected chi connectivity index (χ0v) is 22.0. The Morgan fingerprint density at radius 2 is 1.91 bits per heavy atom. The van der Waals surface area contributed by atoms with Crippen LogP contribution in [0.25, 0.3) is 11.1 Å². The van der Waals surface area contributed by atoms with Crippen molar-refractivity contribution in [3.05, 3.63) is 70.1 Å². The quantitative estimate of drug-likeness (QED) is 0.262. The van der Waals surface area contributed by atoms with Crippen molar-refractivity contribution in [2.75, 3.05) is 18.5 Å². The van der Waals surface area contributed by atoms with Crippen LogP contribution in [0.15, 0.2) is 48.8 Å². The van der Waals surface area contributed by atoms with Gasteiger partial charge in [0.15, 0.2) is 0 Å². The number of amides is 1. The molecule has 9 heteroatoms. The summed E-state index contributed by atoms with van der Waals surface area (Å²) in [6, 6.07) is 10.7. The van der Waals surface area contributed by atoms with Crippen molar-refractivity contribution < 1.29 is 9.53 Å². The summed E-state index contributed by atoms with van der Waals surface area (Å²) in [4.78, 5) is 20.5. The third kappa shape index (κ3) is 7.70. The first-order valence-electron chi connectivity index (χ1n) is 11.6. The molecule has 2 aromatic heterocycles. The third-order valence-electron chi connectivity index (χ3n) is 5.54. The SMILES string of the molecule is CC(C)Nc1cc(-c2c[nH]c(C(=O)N[C@H](COC[C@@H](N)C(C)C)c3cccc(Cl)c3)c2)c(Cl)cn1. The molecule has 0 saturated heterocycles. The largest absolute Gasteiger partial charge is 0.377 e. The van der Waals surface area contributed by atoms with Gasteiger partial charge in [0, 0.05) is 40.6 Å². The van der Waals surface area contributed by atoms with Crippen molar-refractivity contribution in [3.8, 4) is 11.1 Å². The van der Waals surface area contributed by atoms with Crippen LogP contribution in [0.5, 0.6) is 0 Å². The smallest absolute Gasteiger partial charge is 0.268 e. The summed E-state index contributed by atoms with van der Waals surface area (Å²) < 4.78 is 5.86. The summed E-state index contributed by atoms with van der Waals surface area (Å²) >= 11 is 12.6. The monoisotopic (exact) mass is 517 g/mol. The first-order chi connectivity index (χ1) is 16.6. The lowest BCUT2D eigenvalue weighted by molar-refractivity contribution is 0.0766. The van der Waals surface area contributed by atoms with Gasteiger partial charge in [-0.25, -0.2) is 4.98 Å². The Morgan fingerprint density at radius 3 is 2.60 bits per heavy atom. The molecule has 1 amide bonds. The molecule has 2 atom stereocenters.